The molecule has 88 valence electrons. The Morgan fingerprint density at radius 3 is 3.00 bits per heavy atom. The van der Waals surface area contributed by atoms with Crippen molar-refractivity contribution in [1.82, 2.24) is 4.98 Å². The number of pyridine rings is 1. The third-order valence-corrected chi connectivity index (χ3v) is 3.97. The van der Waals surface area contributed by atoms with E-state index in [0.717, 1.165) is 28.9 Å². The average Bonchev–Trinajstić information content (AvgIpc) is 2.65. The molecular weight excluding hydrogens is 270 g/mol. The van der Waals surface area contributed by atoms with Gasteiger partial charge < -0.3 is 15.8 Å². The van der Waals surface area contributed by atoms with E-state index in [1.54, 1.807) is 6.20 Å². The average molecular weight is 286 g/mol. The molecule has 1 fully saturated rings. The Balaban J connectivity index is 2.18. The van der Waals surface area contributed by atoms with E-state index in [0.29, 0.717) is 11.7 Å². The van der Waals surface area contributed by atoms with Gasteiger partial charge in [-0.3, -0.25) is 0 Å². The summed E-state index contributed by atoms with van der Waals surface area (Å²) >= 11 is 3.51. The molecule has 1 aromatic heterocycles. The van der Waals surface area contributed by atoms with Gasteiger partial charge in [0.25, 0.3) is 0 Å². The summed E-state index contributed by atoms with van der Waals surface area (Å²) in [7, 11) is 0. The lowest BCUT2D eigenvalue weighted by molar-refractivity contribution is 0.121. The Kier molecular flexibility index (Phi) is 3.35. The number of halogens is 1. The van der Waals surface area contributed by atoms with Crippen LogP contribution in [0, 0.1) is 6.92 Å². The first-order valence-electron chi connectivity index (χ1n) is 5.38. The number of anilines is 2. The van der Waals surface area contributed by atoms with Gasteiger partial charge in [0.1, 0.15) is 5.82 Å². The maximum atomic E-state index is 5.78. The molecule has 0 amide bonds. The SMILES string of the molecule is Cc1c(N)cnc(NC2CCOC2C)c1Br. The van der Waals surface area contributed by atoms with E-state index in [1.807, 2.05) is 6.92 Å². The van der Waals surface area contributed by atoms with Gasteiger partial charge in [-0.05, 0) is 41.8 Å². The molecule has 1 aliphatic heterocycles. The molecule has 0 aromatic carbocycles. The predicted molar refractivity (Wildman–Crippen MR) is 68.5 cm³/mol. The molecule has 1 saturated heterocycles. The second-order valence-corrected chi connectivity index (χ2v) is 4.91. The number of nitrogen functional groups attached to an aromatic ring is 1. The van der Waals surface area contributed by atoms with Crippen LogP contribution in [0.4, 0.5) is 11.5 Å². The minimum atomic E-state index is 0.228. The third-order valence-electron chi connectivity index (χ3n) is 3.00. The Morgan fingerprint density at radius 2 is 2.38 bits per heavy atom. The minimum absolute atomic E-state index is 0.228. The van der Waals surface area contributed by atoms with Crippen LogP contribution in [0.1, 0.15) is 18.9 Å². The standard InChI is InChI=1S/C11H16BrN3O/c1-6-8(13)5-14-11(10(6)12)15-9-3-4-16-7(9)2/h5,7,9H,3-4,13H2,1-2H3,(H,14,15). The molecule has 2 atom stereocenters. The van der Waals surface area contributed by atoms with E-state index in [-0.39, 0.29) is 6.10 Å². The molecular formula is C11H16BrN3O. The Morgan fingerprint density at radius 1 is 1.62 bits per heavy atom. The Bertz CT molecular complexity index is 397. The quantitative estimate of drug-likeness (QED) is 0.876. The van der Waals surface area contributed by atoms with Gasteiger partial charge in [-0.2, -0.15) is 0 Å². The van der Waals surface area contributed by atoms with Crippen LogP contribution in [0.15, 0.2) is 10.7 Å². The largest absolute Gasteiger partial charge is 0.397 e. The van der Waals surface area contributed by atoms with Crippen LogP contribution < -0.4 is 11.1 Å². The van der Waals surface area contributed by atoms with Crippen molar-refractivity contribution in [3.63, 3.8) is 0 Å². The van der Waals surface area contributed by atoms with Crippen molar-refractivity contribution < 1.29 is 4.74 Å². The minimum Gasteiger partial charge on any atom is -0.397 e. The summed E-state index contributed by atoms with van der Waals surface area (Å²) in [6.07, 6.45) is 2.92. The number of nitrogens with one attached hydrogen (secondary N) is 1. The zero-order chi connectivity index (χ0) is 11.7. The van der Waals surface area contributed by atoms with Crippen molar-refractivity contribution in [1.29, 1.82) is 0 Å². The van der Waals surface area contributed by atoms with Gasteiger partial charge in [-0.15, -0.1) is 0 Å². The van der Waals surface area contributed by atoms with Gasteiger partial charge in [0, 0.05) is 6.61 Å². The molecule has 0 bridgehead atoms. The molecule has 16 heavy (non-hydrogen) atoms. The molecule has 0 radical (unpaired) electrons. The van der Waals surface area contributed by atoms with E-state index >= 15 is 0 Å². The van der Waals surface area contributed by atoms with Crippen molar-refractivity contribution in [2.24, 2.45) is 0 Å². The fraction of sp³-hybridized carbons (Fsp3) is 0.545. The van der Waals surface area contributed by atoms with E-state index in [4.69, 9.17) is 10.5 Å². The number of hydrogen-bond acceptors (Lipinski definition) is 4. The highest BCUT2D eigenvalue weighted by atomic mass is 79.9. The molecule has 2 rings (SSSR count). The lowest BCUT2D eigenvalue weighted by Crippen LogP contribution is -2.27. The maximum absolute atomic E-state index is 5.78. The lowest BCUT2D eigenvalue weighted by Gasteiger charge is -2.18. The second kappa shape index (κ2) is 4.59. The first-order valence-corrected chi connectivity index (χ1v) is 6.17. The smallest absolute Gasteiger partial charge is 0.141 e. The summed E-state index contributed by atoms with van der Waals surface area (Å²) in [6, 6.07) is 0.326. The molecule has 5 heteroatoms. The first-order chi connectivity index (χ1) is 7.59. The zero-order valence-corrected chi connectivity index (χ0v) is 11.0. The molecule has 1 aliphatic rings. The van der Waals surface area contributed by atoms with Gasteiger partial charge >= 0.3 is 0 Å². The van der Waals surface area contributed by atoms with Crippen LogP contribution >= 0.6 is 15.9 Å². The molecule has 0 spiro atoms. The fourth-order valence-electron chi connectivity index (χ4n) is 1.79. The fourth-order valence-corrected chi connectivity index (χ4v) is 2.24. The molecule has 1 aromatic rings. The number of hydrogen-bond donors (Lipinski definition) is 2. The lowest BCUT2D eigenvalue weighted by atomic mass is 10.1. The van der Waals surface area contributed by atoms with Crippen LogP contribution in [0.3, 0.4) is 0 Å². The third kappa shape index (κ3) is 2.15. The normalized spacial score (nSPS) is 24.7. The Labute approximate surface area is 104 Å². The van der Waals surface area contributed by atoms with Gasteiger partial charge in [0.05, 0.1) is 28.5 Å². The van der Waals surface area contributed by atoms with Crippen molar-refractivity contribution in [3.05, 3.63) is 16.2 Å². The highest BCUT2D eigenvalue weighted by molar-refractivity contribution is 9.10. The topological polar surface area (TPSA) is 60.2 Å². The highest BCUT2D eigenvalue weighted by Crippen LogP contribution is 2.29. The van der Waals surface area contributed by atoms with Crippen molar-refractivity contribution in [2.45, 2.75) is 32.4 Å². The molecule has 2 unspecified atom stereocenters. The molecule has 2 heterocycles. The summed E-state index contributed by atoms with van der Waals surface area (Å²) in [5.74, 6) is 0.842. The van der Waals surface area contributed by atoms with E-state index < -0.39 is 0 Å². The zero-order valence-electron chi connectivity index (χ0n) is 9.46. The summed E-state index contributed by atoms with van der Waals surface area (Å²) < 4.78 is 6.44. The number of rotatable bonds is 2. The molecule has 3 N–H and O–H groups in total. The number of nitrogens with two attached hydrogens (primary N) is 1. The highest BCUT2D eigenvalue weighted by Gasteiger charge is 2.25. The van der Waals surface area contributed by atoms with Crippen LogP contribution in [0.2, 0.25) is 0 Å². The monoisotopic (exact) mass is 285 g/mol. The number of aromatic nitrogens is 1. The first kappa shape index (κ1) is 11.7. The number of ether oxygens (including phenoxy) is 1. The van der Waals surface area contributed by atoms with Gasteiger partial charge in [0.2, 0.25) is 0 Å². The predicted octanol–water partition coefficient (Wildman–Crippen LogP) is 2.32. The van der Waals surface area contributed by atoms with Crippen LogP contribution in [0.25, 0.3) is 0 Å². The summed E-state index contributed by atoms with van der Waals surface area (Å²) in [5.41, 5.74) is 7.50. The second-order valence-electron chi connectivity index (χ2n) is 4.12. The maximum Gasteiger partial charge on any atom is 0.141 e. The van der Waals surface area contributed by atoms with Crippen LogP contribution in [-0.4, -0.2) is 23.7 Å². The van der Waals surface area contributed by atoms with Crippen molar-refractivity contribution >= 4 is 27.4 Å². The summed E-state index contributed by atoms with van der Waals surface area (Å²) in [6.45, 7) is 4.86. The molecule has 0 saturated carbocycles. The van der Waals surface area contributed by atoms with E-state index in [9.17, 15) is 0 Å². The van der Waals surface area contributed by atoms with Crippen molar-refractivity contribution in [3.8, 4) is 0 Å². The van der Waals surface area contributed by atoms with Gasteiger partial charge in [-0.25, -0.2) is 4.98 Å². The van der Waals surface area contributed by atoms with E-state index in [2.05, 4.69) is 33.2 Å². The summed E-state index contributed by atoms with van der Waals surface area (Å²) in [4.78, 5) is 4.30. The summed E-state index contributed by atoms with van der Waals surface area (Å²) in [5, 5.41) is 3.39. The van der Waals surface area contributed by atoms with Crippen molar-refractivity contribution in [2.75, 3.05) is 17.7 Å². The van der Waals surface area contributed by atoms with Gasteiger partial charge in [-0.1, -0.05) is 0 Å². The number of nitrogens with zero attached hydrogens (tertiary/aromatic N) is 1. The molecule has 4 nitrogen and oxygen atoms in total. The molecule has 0 aliphatic carbocycles. The van der Waals surface area contributed by atoms with E-state index in [1.165, 1.54) is 0 Å². The van der Waals surface area contributed by atoms with Crippen LogP contribution in [-0.2, 0) is 4.74 Å². The van der Waals surface area contributed by atoms with Crippen LogP contribution in [0.5, 0.6) is 0 Å². The van der Waals surface area contributed by atoms with Gasteiger partial charge in [0.15, 0.2) is 0 Å². The Hall–Kier alpha value is -0.810.